The van der Waals surface area contributed by atoms with E-state index in [1.165, 1.54) is 29.2 Å². The van der Waals surface area contributed by atoms with E-state index in [0.29, 0.717) is 18.1 Å². The maximum Gasteiger partial charge on any atom is 0.201 e. The van der Waals surface area contributed by atoms with Crippen LogP contribution in [-0.2, 0) is 12.8 Å². The summed E-state index contributed by atoms with van der Waals surface area (Å²) in [5.41, 5.74) is 6.26. The quantitative estimate of drug-likeness (QED) is 0.158. The van der Waals surface area contributed by atoms with Crippen molar-refractivity contribution < 1.29 is 13.5 Å². The first-order valence-corrected chi connectivity index (χ1v) is 14.7. The molecule has 1 atom stereocenters. The highest BCUT2D eigenvalue weighted by Crippen LogP contribution is 2.34. The third-order valence-electron chi connectivity index (χ3n) is 7.64. The molecule has 0 saturated heterocycles. The van der Waals surface area contributed by atoms with Crippen LogP contribution >= 0.6 is 0 Å². The van der Waals surface area contributed by atoms with Gasteiger partial charge in [-0.3, -0.25) is 0 Å². The monoisotopic (exact) mass is 528 g/mol. The van der Waals surface area contributed by atoms with Gasteiger partial charge in [-0.25, -0.2) is 4.39 Å². The van der Waals surface area contributed by atoms with Gasteiger partial charge in [0.05, 0.1) is 6.61 Å². The van der Waals surface area contributed by atoms with Gasteiger partial charge in [0.15, 0.2) is 11.6 Å². The Bertz CT molecular complexity index is 1240. The van der Waals surface area contributed by atoms with E-state index in [1.54, 1.807) is 6.07 Å². The van der Waals surface area contributed by atoms with E-state index in [0.717, 1.165) is 63.4 Å². The molecule has 1 unspecified atom stereocenters. The number of ether oxygens (including phenoxy) is 1. The van der Waals surface area contributed by atoms with Crippen LogP contribution in [-0.4, -0.2) is 6.61 Å². The van der Waals surface area contributed by atoms with Gasteiger partial charge >= 0.3 is 0 Å². The Morgan fingerprint density at radius 3 is 2.18 bits per heavy atom. The summed E-state index contributed by atoms with van der Waals surface area (Å²) in [6, 6.07) is 20.0. The molecule has 1 nitrogen and oxygen atoms in total. The molecule has 39 heavy (non-hydrogen) atoms. The molecule has 1 aliphatic rings. The van der Waals surface area contributed by atoms with Gasteiger partial charge in [0.25, 0.3) is 0 Å². The van der Waals surface area contributed by atoms with Gasteiger partial charge in [-0.15, -0.1) is 0 Å². The second kappa shape index (κ2) is 14.8. The number of allylic oxidation sites excluding steroid dienone is 4. The molecule has 3 heteroatoms. The van der Waals surface area contributed by atoms with Crippen molar-refractivity contribution in [2.24, 2.45) is 5.92 Å². The van der Waals surface area contributed by atoms with Crippen LogP contribution < -0.4 is 4.74 Å². The van der Waals surface area contributed by atoms with E-state index in [-0.39, 0.29) is 11.3 Å². The minimum absolute atomic E-state index is 0.0130. The highest BCUT2D eigenvalue weighted by atomic mass is 19.2. The van der Waals surface area contributed by atoms with Gasteiger partial charge in [-0.05, 0) is 90.8 Å². The van der Waals surface area contributed by atoms with Crippen LogP contribution in [0.5, 0.6) is 5.75 Å². The Balaban J connectivity index is 1.29. The fraction of sp³-hybridized carbons (Fsp3) is 0.389. The molecule has 4 rings (SSSR count). The highest BCUT2D eigenvalue weighted by Gasteiger charge is 2.17. The van der Waals surface area contributed by atoms with E-state index in [4.69, 9.17) is 4.74 Å². The number of halogens is 2. The predicted octanol–water partition coefficient (Wildman–Crippen LogP) is 10.5. The fourth-order valence-electron chi connectivity index (χ4n) is 5.26. The van der Waals surface area contributed by atoms with Crippen molar-refractivity contribution in [3.63, 3.8) is 0 Å². The second-order valence-corrected chi connectivity index (χ2v) is 10.7. The molecule has 1 aliphatic carbocycles. The van der Waals surface area contributed by atoms with Crippen LogP contribution in [0.4, 0.5) is 8.78 Å². The van der Waals surface area contributed by atoms with E-state index < -0.39 is 11.6 Å². The number of benzene rings is 3. The number of aryl methyl sites for hydroxylation is 2. The zero-order valence-corrected chi connectivity index (χ0v) is 23.5. The molecule has 0 heterocycles. The van der Waals surface area contributed by atoms with E-state index in [2.05, 4.69) is 56.3 Å². The third-order valence-corrected chi connectivity index (χ3v) is 7.64. The van der Waals surface area contributed by atoms with Gasteiger partial charge in [0.1, 0.15) is 0 Å². The molecule has 0 aromatic heterocycles. The number of hydrogen-bond acceptors (Lipinski definition) is 1. The van der Waals surface area contributed by atoms with Crippen molar-refractivity contribution in [3.8, 4) is 16.9 Å². The third kappa shape index (κ3) is 8.14. The Hall–Kier alpha value is -3.20. The Morgan fingerprint density at radius 1 is 0.795 bits per heavy atom. The molecule has 0 bridgehead atoms. The molecule has 3 aromatic rings. The standard InChI is InChI=1S/C36H42F2O/c1-3-5-8-26-39-34-25-24-33(35(37)36(34)38)32-22-20-31(21-23-32)30-18-16-29(17-19-30)11-7-6-10-28-14-12-27(9-4-2)13-15-28/h7,11-15,18,20-25,29H,3-6,8-10,16-17,19,26H2,1-2H3/b11-7+. The summed E-state index contributed by atoms with van der Waals surface area (Å²) in [6.07, 6.45) is 17.7. The van der Waals surface area contributed by atoms with Gasteiger partial charge in [0, 0.05) is 5.56 Å². The Morgan fingerprint density at radius 2 is 1.51 bits per heavy atom. The first-order valence-electron chi connectivity index (χ1n) is 14.7. The highest BCUT2D eigenvalue weighted by molar-refractivity contribution is 5.71. The number of unbranched alkanes of at least 4 members (excludes halogenated alkanes) is 2. The predicted molar refractivity (Wildman–Crippen MR) is 160 cm³/mol. The second-order valence-electron chi connectivity index (χ2n) is 10.7. The maximum atomic E-state index is 14.8. The number of rotatable bonds is 13. The van der Waals surface area contributed by atoms with Crippen molar-refractivity contribution in [1.82, 2.24) is 0 Å². The van der Waals surface area contributed by atoms with E-state index in [1.807, 2.05) is 24.3 Å². The van der Waals surface area contributed by atoms with E-state index in [9.17, 15) is 8.78 Å². The molecule has 0 amide bonds. The molecule has 0 N–H and O–H groups in total. The lowest BCUT2D eigenvalue weighted by Gasteiger charge is -2.20. The molecule has 0 spiro atoms. The molecule has 3 aromatic carbocycles. The lowest BCUT2D eigenvalue weighted by Crippen LogP contribution is -2.03. The van der Waals surface area contributed by atoms with Gasteiger partial charge in [0.2, 0.25) is 5.82 Å². The summed E-state index contributed by atoms with van der Waals surface area (Å²) in [5.74, 6) is -1.19. The average molecular weight is 529 g/mol. The summed E-state index contributed by atoms with van der Waals surface area (Å²) in [7, 11) is 0. The van der Waals surface area contributed by atoms with Crippen LogP contribution in [0.2, 0.25) is 0 Å². The Kier molecular flexibility index (Phi) is 10.9. The first kappa shape index (κ1) is 28.8. The molecular weight excluding hydrogens is 486 g/mol. The summed E-state index contributed by atoms with van der Waals surface area (Å²) in [4.78, 5) is 0. The van der Waals surface area contributed by atoms with Crippen LogP contribution in [0, 0.1) is 17.6 Å². The van der Waals surface area contributed by atoms with Crippen LogP contribution in [0.1, 0.15) is 81.9 Å². The SMILES string of the molecule is CCCCCOc1ccc(-c2ccc(C3=CCC(/C=C/CCc4ccc(CCC)cc4)CC3)cc2)c(F)c1F. The average Bonchev–Trinajstić information content (AvgIpc) is 2.97. The molecule has 0 fully saturated rings. The number of hydrogen-bond donors (Lipinski definition) is 0. The van der Waals surface area contributed by atoms with Crippen LogP contribution in [0.25, 0.3) is 16.7 Å². The maximum absolute atomic E-state index is 14.8. The lowest BCUT2D eigenvalue weighted by molar-refractivity contribution is 0.286. The van der Waals surface area contributed by atoms with Crippen LogP contribution in [0.15, 0.2) is 78.9 Å². The van der Waals surface area contributed by atoms with E-state index >= 15 is 0 Å². The van der Waals surface area contributed by atoms with Crippen molar-refractivity contribution in [2.75, 3.05) is 6.61 Å². The van der Waals surface area contributed by atoms with Gasteiger partial charge in [-0.1, -0.05) is 99.9 Å². The summed E-state index contributed by atoms with van der Waals surface area (Å²) >= 11 is 0. The van der Waals surface area contributed by atoms with Gasteiger partial charge < -0.3 is 4.74 Å². The topological polar surface area (TPSA) is 9.23 Å². The summed E-state index contributed by atoms with van der Waals surface area (Å²) in [5, 5.41) is 0. The minimum Gasteiger partial charge on any atom is -0.490 e. The fourth-order valence-corrected chi connectivity index (χ4v) is 5.26. The van der Waals surface area contributed by atoms with Crippen molar-refractivity contribution in [2.45, 2.75) is 78.1 Å². The normalized spacial score (nSPS) is 15.5. The van der Waals surface area contributed by atoms with Gasteiger partial charge in [-0.2, -0.15) is 4.39 Å². The Labute approximate surface area is 233 Å². The minimum atomic E-state index is -0.910. The molecule has 206 valence electrons. The first-order chi connectivity index (χ1) is 19.1. The van der Waals surface area contributed by atoms with Crippen molar-refractivity contribution in [3.05, 3.63) is 107 Å². The molecular formula is C36H42F2O. The molecule has 0 saturated carbocycles. The molecule has 0 radical (unpaired) electrons. The van der Waals surface area contributed by atoms with Crippen molar-refractivity contribution in [1.29, 1.82) is 0 Å². The van der Waals surface area contributed by atoms with Crippen LogP contribution in [0.3, 0.4) is 0 Å². The summed E-state index contributed by atoms with van der Waals surface area (Å²) in [6.45, 7) is 4.71. The zero-order valence-electron chi connectivity index (χ0n) is 23.5. The largest absolute Gasteiger partial charge is 0.490 e. The van der Waals surface area contributed by atoms with Crippen molar-refractivity contribution >= 4 is 5.57 Å². The zero-order chi connectivity index (χ0) is 27.5. The lowest BCUT2D eigenvalue weighted by atomic mass is 9.86. The summed E-state index contributed by atoms with van der Waals surface area (Å²) < 4.78 is 34.9. The molecule has 0 aliphatic heterocycles. The smallest absolute Gasteiger partial charge is 0.201 e.